The number of hydrogen-bond donors (Lipinski definition) is 2. The first-order valence-corrected chi connectivity index (χ1v) is 8.93. The molecular formula is C19H33Cl2N3O2. The number of nitrogens with one attached hydrogen (secondary N) is 2. The summed E-state index contributed by atoms with van der Waals surface area (Å²) in [6.07, 6.45) is 2.04. The van der Waals surface area contributed by atoms with Gasteiger partial charge in [0.15, 0.2) is 0 Å². The lowest BCUT2D eigenvalue weighted by molar-refractivity contribution is -0.121. The Morgan fingerprint density at radius 1 is 1.12 bits per heavy atom. The summed E-state index contributed by atoms with van der Waals surface area (Å²) in [6.45, 7) is 8.65. The lowest BCUT2D eigenvalue weighted by Gasteiger charge is -2.35. The lowest BCUT2D eigenvalue weighted by atomic mass is 10.1. The van der Waals surface area contributed by atoms with Gasteiger partial charge in [-0.3, -0.25) is 9.69 Å². The molecule has 7 heteroatoms. The number of halogens is 2. The molecule has 1 aromatic carbocycles. The van der Waals surface area contributed by atoms with E-state index in [1.807, 2.05) is 7.05 Å². The quantitative estimate of drug-likeness (QED) is 0.652. The van der Waals surface area contributed by atoms with Gasteiger partial charge in [-0.1, -0.05) is 24.3 Å². The van der Waals surface area contributed by atoms with Gasteiger partial charge >= 0.3 is 0 Å². The van der Waals surface area contributed by atoms with Crippen LogP contribution in [0.1, 0.15) is 37.8 Å². The monoisotopic (exact) mass is 405 g/mol. The van der Waals surface area contributed by atoms with E-state index in [9.17, 15) is 4.79 Å². The van der Waals surface area contributed by atoms with Crippen molar-refractivity contribution in [3.8, 4) is 0 Å². The Balaban J connectivity index is 0.00000312. The lowest BCUT2D eigenvalue weighted by Crippen LogP contribution is -2.44. The third kappa shape index (κ3) is 9.19. The zero-order valence-electron chi connectivity index (χ0n) is 16.0. The number of ether oxygens (including phenoxy) is 1. The largest absolute Gasteiger partial charge is 0.373 e. The first kappa shape index (κ1) is 25.1. The van der Waals surface area contributed by atoms with Crippen LogP contribution in [0.5, 0.6) is 0 Å². The molecule has 150 valence electrons. The average Bonchev–Trinajstić information content (AvgIpc) is 2.53. The van der Waals surface area contributed by atoms with Gasteiger partial charge in [0.25, 0.3) is 0 Å². The molecule has 1 aromatic rings. The molecule has 1 saturated heterocycles. The predicted molar refractivity (Wildman–Crippen MR) is 111 cm³/mol. The molecule has 26 heavy (non-hydrogen) atoms. The highest BCUT2D eigenvalue weighted by atomic mass is 35.5. The second-order valence-corrected chi connectivity index (χ2v) is 6.75. The normalized spacial score (nSPS) is 20.0. The van der Waals surface area contributed by atoms with Gasteiger partial charge in [0.2, 0.25) is 5.91 Å². The molecule has 1 fully saturated rings. The number of benzene rings is 1. The van der Waals surface area contributed by atoms with Crippen molar-refractivity contribution in [3.05, 3.63) is 35.4 Å². The maximum atomic E-state index is 11.7. The SMILES string of the molecule is CNCCCC(=O)NCc1ccc(CN2CC(C)OC(C)C2)cc1.Cl.Cl. The Morgan fingerprint density at radius 3 is 2.27 bits per heavy atom. The molecule has 1 heterocycles. The van der Waals surface area contributed by atoms with E-state index < -0.39 is 0 Å². The van der Waals surface area contributed by atoms with Crippen LogP contribution in [0, 0.1) is 0 Å². The molecule has 0 bridgehead atoms. The molecule has 0 spiro atoms. The number of morpholine rings is 1. The van der Waals surface area contributed by atoms with E-state index in [0.29, 0.717) is 25.2 Å². The third-order valence-electron chi connectivity index (χ3n) is 4.24. The molecule has 0 saturated carbocycles. The number of rotatable bonds is 8. The molecule has 2 atom stereocenters. The van der Waals surface area contributed by atoms with Gasteiger partial charge in [-0.25, -0.2) is 0 Å². The topological polar surface area (TPSA) is 53.6 Å². The highest BCUT2D eigenvalue weighted by molar-refractivity contribution is 5.85. The molecule has 5 nitrogen and oxygen atoms in total. The zero-order chi connectivity index (χ0) is 17.4. The van der Waals surface area contributed by atoms with Gasteiger partial charge in [-0.05, 0) is 45.0 Å². The summed E-state index contributed by atoms with van der Waals surface area (Å²) >= 11 is 0. The Morgan fingerprint density at radius 2 is 1.69 bits per heavy atom. The van der Waals surface area contributed by atoms with Crippen LogP contribution < -0.4 is 10.6 Å². The minimum Gasteiger partial charge on any atom is -0.373 e. The van der Waals surface area contributed by atoms with Crippen molar-refractivity contribution < 1.29 is 9.53 Å². The van der Waals surface area contributed by atoms with Crippen LogP contribution in [0.15, 0.2) is 24.3 Å². The molecule has 2 rings (SSSR count). The molecular weight excluding hydrogens is 373 g/mol. The number of hydrogen-bond acceptors (Lipinski definition) is 4. The van der Waals surface area contributed by atoms with E-state index in [1.165, 1.54) is 5.56 Å². The molecule has 1 aliphatic rings. The van der Waals surface area contributed by atoms with Crippen molar-refractivity contribution in [3.63, 3.8) is 0 Å². The Labute approximate surface area is 170 Å². The smallest absolute Gasteiger partial charge is 0.220 e. The Kier molecular flexibility index (Phi) is 12.9. The van der Waals surface area contributed by atoms with Gasteiger partial charge in [0.05, 0.1) is 12.2 Å². The van der Waals surface area contributed by atoms with Crippen LogP contribution in [0.4, 0.5) is 0 Å². The maximum absolute atomic E-state index is 11.7. The number of carbonyl (C=O) groups is 1. The fourth-order valence-electron chi connectivity index (χ4n) is 3.15. The number of nitrogens with zero attached hydrogens (tertiary/aromatic N) is 1. The molecule has 1 aliphatic heterocycles. The van der Waals surface area contributed by atoms with Crippen molar-refractivity contribution >= 4 is 30.7 Å². The van der Waals surface area contributed by atoms with Crippen molar-refractivity contribution in [1.29, 1.82) is 0 Å². The minimum atomic E-state index is 0. The zero-order valence-corrected chi connectivity index (χ0v) is 17.6. The van der Waals surface area contributed by atoms with Crippen LogP contribution >= 0.6 is 24.8 Å². The summed E-state index contributed by atoms with van der Waals surface area (Å²) in [7, 11) is 1.90. The summed E-state index contributed by atoms with van der Waals surface area (Å²) in [5.74, 6) is 0.116. The van der Waals surface area contributed by atoms with E-state index in [0.717, 1.165) is 38.2 Å². The van der Waals surface area contributed by atoms with Gasteiger partial charge in [0, 0.05) is 32.6 Å². The Hall–Kier alpha value is -0.850. The highest BCUT2D eigenvalue weighted by Gasteiger charge is 2.21. The van der Waals surface area contributed by atoms with Crippen LogP contribution in [0.2, 0.25) is 0 Å². The van der Waals surface area contributed by atoms with Crippen molar-refractivity contribution in [2.45, 2.75) is 52.0 Å². The summed E-state index contributed by atoms with van der Waals surface area (Å²) in [5.41, 5.74) is 2.45. The predicted octanol–water partition coefficient (Wildman–Crippen LogP) is 2.76. The second-order valence-electron chi connectivity index (χ2n) is 6.75. The summed E-state index contributed by atoms with van der Waals surface area (Å²) in [6, 6.07) is 8.54. The van der Waals surface area contributed by atoms with Crippen molar-refractivity contribution in [1.82, 2.24) is 15.5 Å². The van der Waals surface area contributed by atoms with Gasteiger partial charge < -0.3 is 15.4 Å². The fourth-order valence-corrected chi connectivity index (χ4v) is 3.15. The van der Waals surface area contributed by atoms with Crippen LogP contribution in [-0.2, 0) is 22.6 Å². The van der Waals surface area contributed by atoms with Gasteiger partial charge in [-0.2, -0.15) is 0 Å². The molecule has 0 aromatic heterocycles. The Bertz CT molecular complexity index is 504. The number of amides is 1. The first-order chi connectivity index (χ1) is 11.6. The van der Waals surface area contributed by atoms with E-state index >= 15 is 0 Å². The van der Waals surface area contributed by atoms with Crippen molar-refractivity contribution in [2.24, 2.45) is 0 Å². The van der Waals surface area contributed by atoms with E-state index in [-0.39, 0.29) is 30.7 Å². The molecule has 1 amide bonds. The summed E-state index contributed by atoms with van der Waals surface area (Å²) in [4.78, 5) is 14.2. The van der Waals surface area contributed by atoms with E-state index in [4.69, 9.17) is 4.74 Å². The van der Waals surface area contributed by atoms with Crippen LogP contribution in [-0.4, -0.2) is 49.7 Å². The van der Waals surface area contributed by atoms with Crippen LogP contribution in [0.25, 0.3) is 0 Å². The summed E-state index contributed by atoms with van der Waals surface area (Å²) in [5, 5.41) is 6.03. The van der Waals surface area contributed by atoms with E-state index in [1.54, 1.807) is 0 Å². The van der Waals surface area contributed by atoms with Gasteiger partial charge in [0.1, 0.15) is 0 Å². The fraction of sp³-hybridized carbons (Fsp3) is 0.632. The molecule has 0 radical (unpaired) electrons. The molecule has 2 unspecified atom stereocenters. The standard InChI is InChI=1S/C19H31N3O2.2ClH/c1-15-12-22(13-16(2)24-15)14-18-8-6-17(7-9-18)11-21-19(23)5-4-10-20-3;;/h6-9,15-16,20H,4-5,10-14H2,1-3H3,(H,21,23);2*1H. The second kappa shape index (κ2) is 13.3. The third-order valence-corrected chi connectivity index (χ3v) is 4.24. The maximum Gasteiger partial charge on any atom is 0.220 e. The van der Waals surface area contributed by atoms with E-state index in [2.05, 4.69) is 53.6 Å². The minimum absolute atomic E-state index is 0. The first-order valence-electron chi connectivity index (χ1n) is 8.93. The highest BCUT2D eigenvalue weighted by Crippen LogP contribution is 2.14. The molecule has 2 N–H and O–H groups in total. The molecule has 0 aliphatic carbocycles. The average molecular weight is 406 g/mol. The van der Waals surface area contributed by atoms with Crippen LogP contribution in [0.3, 0.4) is 0 Å². The summed E-state index contributed by atoms with van der Waals surface area (Å²) < 4.78 is 5.78. The van der Waals surface area contributed by atoms with Crippen molar-refractivity contribution in [2.75, 3.05) is 26.7 Å². The number of carbonyl (C=O) groups excluding carboxylic acids is 1. The van der Waals surface area contributed by atoms with Gasteiger partial charge in [-0.15, -0.1) is 24.8 Å².